The summed E-state index contributed by atoms with van der Waals surface area (Å²) < 4.78 is 0. The van der Waals surface area contributed by atoms with Gasteiger partial charge in [-0.1, -0.05) is 11.3 Å². The molecule has 1 fully saturated rings. The Labute approximate surface area is 88.3 Å². The molecule has 0 radical (unpaired) electrons. The van der Waals surface area contributed by atoms with Crippen molar-refractivity contribution >= 4 is 16.5 Å². The Morgan fingerprint density at radius 2 is 2.36 bits per heavy atom. The van der Waals surface area contributed by atoms with E-state index in [2.05, 4.69) is 27.3 Å². The van der Waals surface area contributed by atoms with Gasteiger partial charge in [0, 0.05) is 12.6 Å². The molecule has 2 rings (SSSR count). The van der Waals surface area contributed by atoms with Gasteiger partial charge in [0.2, 0.25) is 5.13 Å². The summed E-state index contributed by atoms with van der Waals surface area (Å²) in [6.07, 6.45) is 2.71. The fraction of sp³-hybridized carbons (Fsp3) is 0.778. The van der Waals surface area contributed by atoms with Gasteiger partial charge in [0.15, 0.2) is 0 Å². The molecule has 0 amide bonds. The summed E-state index contributed by atoms with van der Waals surface area (Å²) in [6, 6.07) is 0.459. The first-order valence-electron chi connectivity index (χ1n) is 5.09. The van der Waals surface area contributed by atoms with Crippen molar-refractivity contribution in [2.75, 3.05) is 25.0 Å². The molecule has 0 bridgehead atoms. The third kappa shape index (κ3) is 2.65. The van der Waals surface area contributed by atoms with Crippen LogP contribution in [0.25, 0.3) is 0 Å². The Kier molecular flexibility index (Phi) is 3.31. The molecular weight excluding hydrogens is 196 g/mol. The van der Waals surface area contributed by atoms with Crippen molar-refractivity contribution in [3.63, 3.8) is 0 Å². The largest absolute Gasteiger partial charge is 0.356 e. The van der Waals surface area contributed by atoms with E-state index in [1.807, 2.05) is 0 Å². The molecule has 5 heteroatoms. The number of nitrogens with zero attached hydrogens (tertiary/aromatic N) is 3. The van der Waals surface area contributed by atoms with Crippen LogP contribution in [0.1, 0.15) is 19.8 Å². The zero-order chi connectivity index (χ0) is 9.80. The van der Waals surface area contributed by atoms with Crippen molar-refractivity contribution in [3.05, 3.63) is 5.51 Å². The molecule has 14 heavy (non-hydrogen) atoms. The van der Waals surface area contributed by atoms with Gasteiger partial charge in [0.1, 0.15) is 5.51 Å². The van der Waals surface area contributed by atoms with Gasteiger partial charge in [-0.15, -0.1) is 10.2 Å². The summed E-state index contributed by atoms with van der Waals surface area (Å²) in [6.45, 7) is 5.81. The zero-order valence-corrected chi connectivity index (χ0v) is 9.26. The third-order valence-electron chi connectivity index (χ3n) is 2.46. The maximum atomic E-state index is 3.97. The second kappa shape index (κ2) is 4.70. The minimum Gasteiger partial charge on any atom is -0.356 e. The Morgan fingerprint density at radius 1 is 1.57 bits per heavy atom. The van der Waals surface area contributed by atoms with Crippen molar-refractivity contribution in [3.8, 4) is 0 Å². The topological polar surface area (TPSA) is 41.0 Å². The Hall–Kier alpha value is -0.680. The van der Waals surface area contributed by atoms with Crippen LogP contribution in [0.15, 0.2) is 5.51 Å². The van der Waals surface area contributed by atoms with Gasteiger partial charge in [0.25, 0.3) is 0 Å². The maximum absolute atomic E-state index is 3.97. The quantitative estimate of drug-likeness (QED) is 0.820. The highest BCUT2D eigenvalue weighted by Crippen LogP contribution is 2.12. The van der Waals surface area contributed by atoms with Gasteiger partial charge >= 0.3 is 0 Å². The van der Waals surface area contributed by atoms with E-state index in [9.17, 15) is 0 Å². The molecule has 0 aliphatic carbocycles. The van der Waals surface area contributed by atoms with Crippen molar-refractivity contribution in [2.24, 2.45) is 0 Å². The van der Waals surface area contributed by atoms with E-state index in [4.69, 9.17) is 0 Å². The predicted molar refractivity (Wildman–Crippen MR) is 58.7 cm³/mol. The van der Waals surface area contributed by atoms with E-state index < -0.39 is 0 Å². The first-order chi connectivity index (χ1) is 6.84. The van der Waals surface area contributed by atoms with E-state index in [1.54, 1.807) is 16.8 Å². The zero-order valence-electron chi connectivity index (χ0n) is 8.44. The molecule has 0 spiro atoms. The lowest BCUT2D eigenvalue weighted by atomic mass is 10.3. The average Bonchev–Trinajstić information content (AvgIpc) is 2.76. The molecule has 1 N–H and O–H groups in total. The average molecular weight is 212 g/mol. The van der Waals surface area contributed by atoms with Crippen LogP contribution in [-0.2, 0) is 0 Å². The number of nitrogens with one attached hydrogen (secondary N) is 1. The van der Waals surface area contributed by atoms with E-state index in [0.717, 1.165) is 11.7 Å². The van der Waals surface area contributed by atoms with Crippen LogP contribution in [0.2, 0.25) is 0 Å². The standard InChI is InChI=1S/C9H16N4S/c1-8(6-13-4-2-3-5-13)11-9-12-10-7-14-9/h7-8H,2-6H2,1H3,(H,11,12). The molecule has 0 aromatic carbocycles. The fourth-order valence-corrected chi connectivity index (χ4v) is 2.40. The lowest BCUT2D eigenvalue weighted by molar-refractivity contribution is 0.328. The van der Waals surface area contributed by atoms with Gasteiger partial charge in [-0.2, -0.15) is 0 Å². The SMILES string of the molecule is CC(CN1CCCC1)Nc1nncs1. The molecule has 0 saturated carbocycles. The Balaban J connectivity index is 1.75. The summed E-state index contributed by atoms with van der Waals surface area (Å²) in [5, 5.41) is 12.0. The van der Waals surface area contributed by atoms with E-state index in [1.165, 1.54) is 25.9 Å². The smallest absolute Gasteiger partial charge is 0.205 e. The Bertz CT molecular complexity index is 256. The molecular formula is C9H16N4S. The molecule has 1 atom stereocenters. The van der Waals surface area contributed by atoms with Crippen LogP contribution in [0.3, 0.4) is 0 Å². The molecule has 1 saturated heterocycles. The van der Waals surface area contributed by atoms with Crippen molar-refractivity contribution in [1.82, 2.24) is 15.1 Å². The molecule has 1 unspecified atom stereocenters. The lowest BCUT2D eigenvalue weighted by Crippen LogP contribution is -2.32. The molecule has 1 aromatic heterocycles. The minimum absolute atomic E-state index is 0.459. The van der Waals surface area contributed by atoms with Crippen LogP contribution >= 0.6 is 11.3 Å². The fourth-order valence-electron chi connectivity index (χ4n) is 1.84. The van der Waals surface area contributed by atoms with Gasteiger partial charge in [-0.25, -0.2) is 0 Å². The van der Waals surface area contributed by atoms with E-state index >= 15 is 0 Å². The van der Waals surface area contributed by atoms with Gasteiger partial charge in [-0.3, -0.25) is 0 Å². The van der Waals surface area contributed by atoms with Gasteiger partial charge in [0.05, 0.1) is 0 Å². The second-order valence-electron chi connectivity index (χ2n) is 3.80. The summed E-state index contributed by atoms with van der Waals surface area (Å²) in [7, 11) is 0. The number of rotatable bonds is 4. The summed E-state index contributed by atoms with van der Waals surface area (Å²) in [4.78, 5) is 2.50. The van der Waals surface area contributed by atoms with E-state index in [0.29, 0.717) is 6.04 Å². The molecule has 1 aliphatic heterocycles. The molecule has 1 aromatic rings. The third-order valence-corrected chi connectivity index (χ3v) is 3.08. The molecule has 1 aliphatic rings. The number of likely N-dealkylation sites (tertiary alicyclic amines) is 1. The number of hydrogen-bond acceptors (Lipinski definition) is 5. The maximum Gasteiger partial charge on any atom is 0.205 e. The summed E-state index contributed by atoms with van der Waals surface area (Å²) >= 11 is 1.56. The predicted octanol–water partition coefficient (Wildman–Crippen LogP) is 1.43. The summed E-state index contributed by atoms with van der Waals surface area (Å²) in [5.41, 5.74) is 1.75. The van der Waals surface area contributed by atoms with Crippen LogP contribution in [-0.4, -0.2) is 40.8 Å². The van der Waals surface area contributed by atoms with Crippen molar-refractivity contribution in [2.45, 2.75) is 25.8 Å². The summed E-state index contributed by atoms with van der Waals surface area (Å²) in [5.74, 6) is 0. The number of aromatic nitrogens is 2. The molecule has 4 nitrogen and oxygen atoms in total. The lowest BCUT2D eigenvalue weighted by Gasteiger charge is -2.20. The van der Waals surface area contributed by atoms with Gasteiger partial charge < -0.3 is 10.2 Å². The molecule has 2 heterocycles. The normalized spacial score (nSPS) is 19.8. The minimum atomic E-state index is 0.459. The highest BCUT2D eigenvalue weighted by atomic mass is 32.1. The first-order valence-corrected chi connectivity index (χ1v) is 5.97. The second-order valence-corrected chi connectivity index (χ2v) is 4.63. The molecule has 78 valence electrons. The van der Waals surface area contributed by atoms with Crippen LogP contribution < -0.4 is 5.32 Å². The monoisotopic (exact) mass is 212 g/mol. The highest BCUT2D eigenvalue weighted by Gasteiger charge is 2.14. The van der Waals surface area contributed by atoms with E-state index in [-0.39, 0.29) is 0 Å². The van der Waals surface area contributed by atoms with Crippen molar-refractivity contribution in [1.29, 1.82) is 0 Å². The van der Waals surface area contributed by atoms with Crippen LogP contribution in [0.5, 0.6) is 0 Å². The van der Waals surface area contributed by atoms with Gasteiger partial charge in [-0.05, 0) is 32.9 Å². The first kappa shape index (κ1) is 9.86. The van der Waals surface area contributed by atoms with Crippen molar-refractivity contribution < 1.29 is 0 Å². The van der Waals surface area contributed by atoms with Crippen LogP contribution in [0, 0.1) is 0 Å². The number of hydrogen-bond donors (Lipinski definition) is 1. The Morgan fingerprint density at radius 3 is 3.00 bits per heavy atom. The van der Waals surface area contributed by atoms with Crippen LogP contribution in [0.4, 0.5) is 5.13 Å². The number of anilines is 1. The highest BCUT2D eigenvalue weighted by molar-refractivity contribution is 7.13.